The average molecular weight is 518 g/mol. The minimum atomic E-state index is -1.82. The number of ether oxygens (including phenoxy) is 1. The minimum absolute atomic E-state index is 0.0577. The number of carboxylic acid groups (broad SMARTS) is 2. The standard InChI is InChI=1S/C27H29N3O2.C2H2O4/c1-2-30-25-11-7-6-10-23(25)24-18-21(12-13-26(24)30)19-28-14-16-29(17-15-28)27(31)20-32-22-8-4-3-5-9-22;3-1(4)2(5)6/h3-13,18H,2,14-17,19-20H2,1H3;(H,3,4)(H,5,6). The summed E-state index contributed by atoms with van der Waals surface area (Å²) in [7, 11) is 0. The second kappa shape index (κ2) is 12.2. The molecule has 4 aromatic rings. The molecule has 5 rings (SSSR count). The van der Waals surface area contributed by atoms with Crippen molar-refractivity contribution in [1.82, 2.24) is 14.4 Å². The van der Waals surface area contributed by atoms with Gasteiger partial charge in [-0.3, -0.25) is 9.69 Å². The summed E-state index contributed by atoms with van der Waals surface area (Å²) in [4.78, 5) is 35.1. The molecular formula is C29H31N3O6. The van der Waals surface area contributed by atoms with Gasteiger partial charge in [0.05, 0.1) is 0 Å². The highest BCUT2D eigenvalue weighted by Crippen LogP contribution is 2.30. The molecule has 0 saturated carbocycles. The van der Waals surface area contributed by atoms with Gasteiger partial charge in [-0.15, -0.1) is 0 Å². The monoisotopic (exact) mass is 517 g/mol. The third-order valence-electron chi connectivity index (χ3n) is 6.57. The molecule has 0 spiro atoms. The summed E-state index contributed by atoms with van der Waals surface area (Å²) in [6, 6.07) is 25.0. The van der Waals surface area contributed by atoms with Crippen molar-refractivity contribution in [3.63, 3.8) is 0 Å². The molecule has 1 amide bonds. The van der Waals surface area contributed by atoms with Gasteiger partial charge in [-0.1, -0.05) is 42.5 Å². The number of carbonyl (C=O) groups excluding carboxylic acids is 1. The maximum atomic E-state index is 12.5. The summed E-state index contributed by atoms with van der Waals surface area (Å²) in [6.07, 6.45) is 0. The lowest BCUT2D eigenvalue weighted by Gasteiger charge is -2.34. The van der Waals surface area contributed by atoms with Crippen LogP contribution in [0.3, 0.4) is 0 Å². The molecule has 0 unspecified atom stereocenters. The number of aliphatic carboxylic acids is 2. The number of aryl methyl sites for hydroxylation is 1. The number of hydrogen-bond acceptors (Lipinski definition) is 5. The van der Waals surface area contributed by atoms with Gasteiger partial charge in [0.15, 0.2) is 6.61 Å². The Kier molecular flexibility index (Phi) is 8.60. The lowest BCUT2D eigenvalue weighted by Crippen LogP contribution is -2.49. The van der Waals surface area contributed by atoms with Gasteiger partial charge in [-0.2, -0.15) is 0 Å². The molecule has 0 radical (unpaired) electrons. The van der Waals surface area contributed by atoms with Crippen LogP contribution in [0.2, 0.25) is 0 Å². The first-order valence-corrected chi connectivity index (χ1v) is 12.5. The van der Waals surface area contributed by atoms with E-state index in [1.54, 1.807) is 0 Å². The van der Waals surface area contributed by atoms with Crippen molar-refractivity contribution in [2.75, 3.05) is 32.8 Å². The molecule has 2 heterocycles. The SMILES string of the molecule is CCn1c2ccccc2c2cc(CN3CCN(C(=O)COc4ccccc4)CC3)ccc21.O=C(O)C(=O)O. The molecule has 0 atom stereocenters. The van der Waals surface area contributed by atoms with E-state index in [4.69, 9.17) is 24.5 Å². The number of para-hydroxylation sites is 2. The Morgan fingerprint density at radius 1 is 0.789 bits per heavy atom. The van der Waals surface area contributed by atoms with E-state index in [1.165, 1.54) is 27.4 Å². The normalized spacial score (nSPS) is 13.7. The van der Waals surface area contributed by atoms with Crippen LogP contribution in [-0.4, -0.2) is 75.2 Å². The summed E-state index contributed by atoms with van der Waals surface area (Å²) in [5.41, 5.74) is 3.92. The molecule has 38 heavy (non-hydrogen) atoms. The second-order valence-corrected chi connectivity index (χ2v) is 8.98. The van der Waals surface area contributed by atoms with Crippen LogP contribution in [-0.2, 0) is 27.5 Å². The van der Waals surface area contributed by atoms with Crippen LogP contribution >= 0.6 is 0 Å². The van der Waals surface area contributed by atoms with Crippen molar-refractivity contribution < 1.29 is 29.3 Å². The number of nitrogens with zero attached hydrogens (tertiary/aromatic N) is 3. The summed E-state index contributed by atoms with van der Waals surface area (Å²) in [6.45, 7) is 7.42. The Morgan fingerprint density at radius 3 is 2.08 bits per heavy atom. The Hall–Kier alpha value is -4.37. The van der Waals surface area contributed by atoms with Crippen LogP contribution in [0.5, 0.6) is 5.75 Å². The molecule has 1 aromatic heterocycles. The number of benzene rings is 3. The molecule has 0 bridgehead atoms. The average Bonchev–Trinajstić information content (AvgIpc) is 3.26. The van der Waals surface area contributed by atoms with E-state index < -0.39 is 11.9 Å². The number of hydrogen-bond donors (Lipinski definition) is 2. The molecule has 1 aliphatic rings. The van der Waals surface area contributed by atoms with E-state index in [1.807, 2.05) is 35.2 Å². The highest BCUT2D eigenvalue weighted by molar-refractivity contribution is 6.27. The van der Waals surface area contributed by atoms with Crippen molar-refractivity contribution in [2.24, 2.45) is 0 Å². The van der Waals surface area contributed by atoms with Gasteiger partial charge in [0.25, 0.3) is 5.91 Å². The van der Waals surface area contributed by atoms with Crippen molar-refractivity contribution in [3.8, 4) is 5.75 Å². The third-order valence-corrected chi connectivity index (χ3v) is 6.57. The van der Waals surface area contributed by atoms with Crippen LogP contribution in [0, 0.1) is 0 Å². The van der Waals surface area contributed by atoms with Crippen LogP contribution in [0.4, 0.5) is 0 Å². The number of carbonyl (C=O) groups is 3. The van der Waals surface area contributed by atoms with E-state index in [-0.39, 0.29) is 12.5 Å². The highest BCUT2D eigenvalue weighted by atomic mass is 16.5. The summed E-state index contributed by atoms with van der Waals surface area (Å²) in [5, 5.41) is 17.4. The van der Waals surface area contributed by atoms with Crippen molar-refractivity contribution in [2.45, 2.75) is 20.0 Å². The zero-order valence-electron chi connectivity index (χ0n) is 21.2. The van der Waals surface area contributed by atoms with E-state index in [0.717, 1.165) is 45.0 Å². The molecule has 9 heteroatoms. The quantitative estimate of drug-likeness (QED) is 0.375. The number of fused-ring (bicyclic) bond motifs is 3. The number of piperazine rings is 1. The highest BCUT2D eigenvalue weighted by Gasteiger charge is 2.22. The maximum Gasteiger partial charge on any atom is 0.414 e. The lowest BCUT2D eigenvalue weighted by molar-refractivity contribution is -0.159. The Morgan fingerprint density at radius 2 is 1.42 bits per heavy atom. The molecule has 9 nitrogen and oxygen atoms in total. The Balaban J connectivity index is 0.000000505. The molecular weight excluding hydrogens is 486 g/mol. The summed E-state index contributed by atoms with van der Waals surface area (Å²) >= 11 is 0. The Labute approximate surface area is 220 Å². The van der Waals surface area contributed by atoms with E-state index >= 15 is 0 Å². The smallest absolute Gasteiger partial charge is 0.414 e. The number of carboxylic acids is 2. The lowest BCUT2D eigenvalue weighted by atomic mass is 10.1. The zero-order chi connectivity index (χ0) is 27.1. The fraction of sp³-hybridized carbons (Fsp3) is 0.276. The molecule has 1 aliphatic heterocycles. The van der Waals surface area contributed by atoms with Crippen molar-refractivity contribution in [1.29, 1.82) is 0 Å². The molecule has 198 valence electrons. The van der Waals surface area contributed by atoms with Gasteiger partial charge in [-0.05, 0) is 42.8 Å². The van der Waals surface area contributed by atoms with Gasteiger partial charge < -0.3 is 24.4 Å². The fourth-order valence-corrected chi connectivity index (χ4v) is 4.71. The molecule has 2 N–H and O–H groups in total. The van der Waals surface area contributed by atoms with E-state index in [9.17, 15) is 4.79 Å². The fourth-order valence-electron chi connectivity index (χ4n) is 4.71. The maximum absolute atomic E-state index is 12.5. The van der Waals surface area contributed by atoms with E-state index in [2.05, 4.69) is 58.9 Å². The zero-order valence-corrected chi connectivity index (χ0v) is 21.2. The van der Waals surface area contributed by atoms with Crippen LogP contribution in [0.1, 0.15) is 12.5 Å². The third kappa shape index (κ3) is 6.30. The van der Waals surface area contributed by atoms with Crippen LogP contribution in [0.25, 0.3) is 21.8 Å². The summed E-state index contributed by atoms with van der Waals surface area (Å²) < 4.78 is 8.01. The number of amides is 1. The van der Waals surface area contributed by atoms with Crippen molar-refractivity contribution >= 4 is 39.7 Å². The van der Waals surface area contributed by atoms with E-state index in [0.29, 0.717) is 0 Å². The number of rotatable bonds is 6. The summed E-state index contributed by atoms with van der Waals surface area (Å²) in [5.74, 6) is -2.85. The van der Waals surface area contributed by atoms with Crippen LogP contribution < -0.4 is 4.74 Å². The molecule has 3 aromatic carbocycles. The predicted octanol–water partition coefficient (Wildman–Crippen LogP) is 3.69. The predicted molar refractivity (Wildman–Crippen MR) is 144 cm³/mol. The van der Waals surface area contributed by atoms with Gasteiger partial charge in [0.1, 0.15) is 5.75 Å². The number of aromatic nitrogens is 1. The topological polar surface area (TPSA) is 112 Å². The van der Waals surface area contributed by atoms with Gasteiger partial charge in [-0.25, -0.2) is 9.59 Å². The molecule has 1 saturated heterocycles. The molecule has 1 fully saturated rings. The van der Waals surface area contributed by atoms with Gasteiger partial charge in [0, 0.05) is 61.1 Å². The van der Waals surface area contributed by atoms with Crippen molar-refractivity contribution in [3.05, 3.63) is 78.4 Å². The first kappa shape index (κ1) is 26.7. The first-order valence-electron chi connectivity index (χ1n) is 12.5. The Bertz CT molecular complexity index is 1410. The largest absolute Gasteiger partial charge is 0.484 e. The first-order chi connectivity index (χ1) is 18.4. The van der Waals surface area contributed by atoms with Crippen LogP contribution in [0.15, 0.2) is 72.8 Å². The minimum Gasteiger partial charge on any atom is -0.484 e. The van der Waals surface area contributed by atoms with Gasteiger partial charge in [0.2, 0.25) is 0 Å². The molecule has 0 aliphatic carbocycles. The van der Waals surface area contributed by atoms with Gasteiger partial charge >= 0.3 is 11.9 Å². The second-order valence-electron chi connectivity index (χ2n) is 8.98.